The lowest BCUT2D eigenvalue weighted by Gasteiger charge is -2.05. The Morgan fingerprint density at radius 1 is 0.793 bits per heavy atom. The largest absolute Gasteiger partial charge is 0.478 e. The topological polar surface area (TPSA) is 63.6 Å². The van der Waals surface area contributed by atoms with Crippen LogP contribution < -0.4 is 4.74 Å². The van der Waals surface area contributed by atoms with Crippen LogP contribution in [0.5, 0.6) is 5.75 Å². The summed E-state index contributed by atoms with van der Waals surface area (Å²) < 4.78 is 5.23. The Balaban J connectivity index is 1.93. The van der Waals surface area contributed by atoms with E-state index in [2.05, 4.69) is 19.1 Å². The minimum absolute atomic E-state index is 0.182. The highest BCUT2D eigenvalue weighted by Crippen LogP contribution is 2.14. The van der Waals surface area contributed by atoms with E-state index in [-0.39, 0.29) is 11.5 Å². The molecule has 0 aliphatic rings. The zero-order valence-corrected chi connectivity index (χ0v) is 18.0. The normalized spacial score (nSPS) is 11.1. The molecule has 0 fully saturated rings. The summed E-state index contributed by atoms with van der Waals surface area (Å²) in [6.45, 7) is 2.25. The van der Waals surface area contributed by atoms with E-state index in [0.29, 0.717) is 12.2 Å². The predicted octanol–water partition coefficient (Wildman–Crippen LogP) is 7.33. The molecule has 0 bridgehead atoms. The van der Waals surface area contributed by atoms with Gasteiger partial charge in [0.2, 0.25) is 0 Å². The second-order valence-electron chi connectivity index (χ2n) is 7.64. The Morgan fingerprint density at radius 3 is 1.86 bits per heavy atom. The summed E-state index contributed by atoms with van der Waals surface area (Å²) in [4.78, 5) is 22.6. The van der Waals surface area contributed by atoms with Gasteiger partial charge in [0.05, 0.1) is 5.56 Å². The molecule has 0 amide bonds. The number of aromatic carboxylic acids is 1. The molecule has 1 aromatic rings. The number of carbonyl (C=O) groups excluding carboxylic acids is 1. The summed E-state index contributed by atoms with van der Waals surface area (Å²) in [5, 5.41) is 8.85. The summed E-state index contributed by atoms with van der Waals surface area (Å²) in [7, 11) is 0. The molecule has 0 unspecified atom stereocenters. The van der Waals surface area contributed by atoms with E-state index >= 15 is 0 Å². The maximum Gasteiger partial charge on any atom is 0.335 e. The van der Waals surface area contributed by atoms with E-state index in [1.54, 1.807) is 0 Å². The summed E-state index contributed by atoms with van der Waals surface area (Å²) in [6, 6.07) is 5.91. The molecular weight excluding hydrogens is 364 g/mol. The van der Waals surface area contributed by atoms with Crippen LogP contribution in [0.1, 0.15) is 107 Å². The molecule has 162 valence electrons. The van der Waals surface area contributed by atoms with Gasteiger partial charge in [-0.25, -0.2) is 4.79 Å². The van der Waals surface area contributed by atoms with E-state index in [9.17, 15) is 9.59 Å². The number of hydrogen-bond acceptors (Lipinski definition) is 3. The Labute approximate surface area is 176 Å². The van der Waals surface area contributed by atoms with Gasteiger partial charge < -0.3 is 9.84 Å². The number of unbranched alkanes of at least 4 members (excludes halogenated alkanes) is 11. The highest BCUT2D eigenvalue weighted by atomic mass is 16.5. The van der Waals surface area contributed by atoms with Crippen LogP contribution in [0.15, 0.2) is 36.4 Å². The number of allylic oxidation sites excluding steroid dienone is 2. The maximum atomic E-state index is 11.8. The van der Waals surface area contributed by atoms with Crippen molar-refractivity contribution in [2.75, 3.05) is 0 Å². The molecule has 4 nitrogen and oxygen atoms in total. The van der Waals surface area contributed by atoms with Crippen molar-refractivity contribution in [3.63, 3.8) is 0 Å². The fraction of sp³-hybridized carbons (Fsp3) is 0.600. The highest BCUT2D eigenvalue weighted by Gasteiger charge is 2.06. The van der Waals surface area contributed by atoms with E-state index in [4.69, 9.17) is 9.84 Å². The molecule has 0 aliphatic carbocycles. The van der Waals surface area contributed by atoms with Gasteiger partial charge >= 0.3 is 11.9 Å². The molecular formula is C25H38O4. The van der Waals surface area contributed by atoms with Crippen LogP contribution in [0, 0.1) is 0 Å². The standard InChI is InChI=1S/C25H38O4/c1-2-3-4-5-6-7-8-9-10-11-12-13-14-15-16-17-24(26)29-23-20-18-22(19-21-23)25(27)28/h9-10,18-21H,2-8,11-17H2,1H3,(H,27,28)/b10-9-. The number of carboxylic acid groups (broad SMARTS) is 1. The molecule has 0 aliphatic heterocycles. The quantitative estimate of drug-likeness (QED) is 0.128. The number of esters is 1. The van der Waals surface area contributed by atoms with Gasteiger partial charge in [0.1, 0.15) is 5.75 Å². The third kappa shape index (κ3) is 13.7. The van der Waals surface area contributed by atoms with Crippen LogP contribution in [0.2, 0.25) is 0 Å². The van der Waals surface area contributed by atoms with Gasteiger partial charge in [-0.3, -0.25) is 4.79 Å². The molecule has 1 rings (SSSR count). The van der Waals surface area contributed by atoms with Crippen molar-refractivity contribution in [3.05, 3.63) is 42.0 Å². The first-order chi connectivity index (χ1) is 14.1. The van der Waals surface area contributed by atoms with Crippen molar-refractivity contribution in [1.82, 2.24) is 0 Å². The van der Waals surface area contributed by atoms with Gasteiger partial charge in [0.15, 0.2) is 0 Å². The van der Waals surface area contributed by atoms with E-state index in [1.165, 1.54) is 82.1 Å². The summed E-state index contributed by atoms with van der Waals surface area (Å²) in [5.74, 6) is -0.852. The number of ether oxygens (including phenoxy) is 1. The lowest BCUT2D eigenvalue weighted by molar-refractivity contribution is -0.134. The molecule has 0 saturated carbocycles. The maximum absolute atomic E-state index is 11.8. The first-order valence-electron chi connectivity index (χ1n) is 11.3. The molecule has 1 N–H and O–H groups in total. The van der Waals surface area contributed by atoms with Crippen LogP contribution in [-0.2, 0) is 4.79 Å². The zero-order valence-electron chi connectivity index (χ0n) is 18.0. The molecule has 0 aromatic heterocycles. The number of hydrogen-bond donors (Lipinski definition) is 1. The second-order valence-corrected chi connectivity index (χ2v) is 7.64. The first-order valence-corrected chi connectivity index (χ1v) is 11.3. The Bertz CT molecular complexity index is 589. The molecule has 29 heavy (non-hydrogen) atoms. The average Bonchev–Trinajstić information content (AvgIpc) is 2.71. The fourth-order valence-corrected chi connectivity index (χ4v) is 3.19. The summed E-state index contributed by atoms with van der Waals surface area (Å²) in [5.41, 5.74) is 0.182. The molecule has 0 atom stereocenters. The van der Waals surface area contributed by atoms with Gasteiger partial charge in [-0.1, -0.05) is 70.4 Å². The van der Waals surface area contributed by atoms with Crippen LogP contribution >= 0.6 is 0 Å². The van der Waals surface area contributed by atoms with Crippen LogP contribution in [0.4, 0.5) is 0 Å². The smallest absolute Gasteiger partial charge is 0.335 e. The molecule has 0 radical (unpaired) electrons. The minimum Gasteiger partial charge on any atom is -0.478 e. The average molecular weight is 403 g/mol. The Hall–Kier alpha value is -2.10. The van der Waals surface area contributed by atoms with Crippen LogP contribution in [-0.4, -0.2) is 17.0 Å². The molecule has 0 saturated heterocycles. The van der Waals surface area contributed by atoms with Gasteiger partial charge in [-0.2, -0.15) is 0 Å². The van der Waals surface area contributed by atoms with E-state index in [0.717, 1.165) is 25.7 Å². The fourth-order valence-electron chi connectivity index (χ4n) is 3.19. The van der Waals surface area contributed by atoms with Gasteiger partial charge in [0.25, 0.3) is 0 Å². The second kappa shape index (κ2) is 16.8. The van der Waals surface area contributed by atoms with Crippen LogP contribution in [0.3, 0.4) is 0 Å². The van der Waals surface area contributed by atoms with Gasteiger partial charge in [-0.05, 0) is 56.4 Å². The monoisotopic (exact) mass is 402 g/mol. The molecule has 4 heteroatoms. The summed E-state index contributed by atoms with van der Waals surface area (Å²) in [6.07, 6.45) is 21.0. The minimum atomic E-state index is -0.990. The highest BCUT2D eigenvalue weighted by molar-refractivity contribution is 5.87. The van der Waals surface area contributed by atoms with E-state index < -0.39 is 5.97 Å². The molecule has 0 spiro atoms. The molecule has 0 heterocycles. The van der Waals surface area contributed by atoms with Crippen molar-refractivity contribution in [3.8, 4) is 5.75 Å². The number of benzene rings is 1. The van der Waals surface area contributed by atoms with Crippen molar-refractivity contribution >= 4 is 11.9 Å². The number of carbonyl (C=O) groups is 2. The third-order valence-electron chi connectivity index (χ3n) is 4.98. The van der Waals surface area contributed by atoms with Gasteiger partial charge in [-0.15, -0.1) is 0 Å². The van der Waals surface area contributed by atoms with Crippen molar-refractivity contribution in [1.29, 1.82) is 0 Å². The number of rotatable bonds is 17. The SMILES string of the molecule is CCCCCCCC/C=C\CCCCCCCC(=O)Oc1ccc(C(=O)O)cc1. The molecule has 1 aromatic carbocycles. The lowest BCUT2D eigenvalue weighted by Crippen LogP contribution is -2.07. The zero-order chi connectivity index (χ0) is 21.2. The van der Waals surface area contributed by atoms with Gasteiger partial charge in [0, 0.05) is 6.42 Å². The van der Waals surface area contributed by atoms with Crippen molar-refractivity contribution in [2.45, 2.75) is 96.8 Å². The third-order valence-corrected chi connectivity index (χ3v) is 4.98. The van der Waals surface area contributed by atoms with Crippen molar-refractivity contribution in [2.24, 2.45) is 0 Å². The van der Waals surface area contributed by atoms with E-state index in [1.807, 2.05) is 0 Å². The van der Waals surface area contributed by atoms with Crippen molar-refractivity contribution < 1.29 is 19.4 Å². The Kier molecular flexibility index (Phi) is 14.5. The van der Waals surface area contributed by atoms with Crippen LogP contribution in [0.25, 0.3) is 0 Å². The lowest BCUT2D eigenvalue weighted by atomic mass is 10.1. The number of carboxylic acids is 1. The predicted molar refractivity (Wildman–Crippen MR) is 118 cm³/mol. The summed E-state index contributed by atoms with van der Waals surface area (Å²) >= 11 is 0. The Morgan fingerprint density at radius 2 is 1.31 bits per heavy atom. The first kappa shape index (κ1) is 24.9.